The smallest absolute Gasteiger partial charge is 0.259 e. The van der Waals surface area contributed by atoms with Gasteiger partial charge in [0.2, 0.25) is 0 Å². The van der Waals surface area contributed by atoms with Crippen LogP contribution in [0.2, 0.25) is 0 Å². The second-order valence-corrected chi connectivity index (χ2v) is 7.98. The van der Waals surface area contributed by atoms with Gasteiger partial charge in [-0.1, -0.05) is 30.0 Å². The summed E-state index contributed by atoms with van der Waals surface area (Å²) >= 11 is 1.49. The highest BCUT2D eigenvalue weighted by Gasteiger charge is 2.22. The average molecular weight is 394 g/mol. The molecule has 1 aromatic carbocycles. The monoisotopic (exact) mass is 393 g/mol. The number of rotatable bonds is 5. The summed E-state index contributed by atoms with van der Waals surface area (Å²) in [5.74, 6) is 0.570. The Morgan fingerprint density at radius 2 is 1.86 bits per heavy atom. The first kappa shape index (κ1) is 18.7. The molecule has 2 aromatic heterocycles. The Hall–Kier alpha value is -2.64. The van der Waals surface area contributed by atoms with Crippen LogP contribution in [-0.2, 0) is 0 Å². The zero-order valence-corrected chi connectivity index (χ0v) is 16.6. The molecule has 0 unspecified atom stereocenters. The minimum Gasteiger partial charge on any atom is -0.307 e. The third-order valence-corrected chi connectivity index (χ3v) is 5.95. The standard InChI is InChI=1S/C21H23N5OS/c1-25-14-10-16(11-15-25)26-19(9-13-23-26)24-20(27)18-8-5-12-22-21(18)28-17-6-3-2-4-7-17/h2-9,12-13,16H,10-11,14-15H2,1H3,(H,24,27). The van der Waals surface area contributed by atoms with Crippen LogP contribution in [0.3, 0.4) is 0 Å². The maximum atomic E-state index is 13.0. The number of piperidine rings is 1. The van der Waals surface area contributed by atoms with Crippen LogP contribution in [0.1, 0.15) is 29.2 Å². The minimum atomic E-state index is -0.166. The Labute approximate surface area is 169 Å². The maximum Gasteiger partial charge on any atom is 0.259 e. The Kier molecular flexibility index (Phi) is 5.73. The second-order valence-electron chi connectivity index (χ2n) is 6.92. The predicted molar refractivity (Wildman–Crippen MR) is 111 cm³/mol. The van der Waals surface area contributed by atoms with E-state index in [9.17, 15) is 4.79 Å². The van der Waals surface area contributed by atoms with Crippen LogP contribution in [0.5, 0.6) is 0 Å². The number of nitrogens with zero attached hydrogens (tertiary/aromatic N) is 4. The lowest BCUT2D eigenvalue weighted by molar-refractivity contribution is 0.102. The molecule has 3 heterocycles. The van der Waals surface area contributed by atoms with E-state index in [1.807, 2.05) is 47.1 Å². The van der Waals surface area contributed by atoms with Crippen molar-refractivity contribution in [3.05, 3.63) is 66.5 Å². The van der Waals surface area contributed by atoms with E-state index in [1.54, 1.807) is 18.5 Å². The first-order valence-electron chi connectivity index (χ1n) is 9.42. The van der Waals surface area contributed by atoms with Gasteiger partial charge < -0.3 is 10.2 Å². The van der Waals surface area contributed by atoms with Crippen molar-refractivity contribution in [3.63, 3.8) is 0 Å². The lowest BCUT2D eigenvalue weighted by Crippen LogP contribution is -2.32. The molecule has 7 heteroatoms. The normalized spacial score (nSPS) is 15.5. The number of carbonyl (C=O) groups is 1. The molecule has 1 saturated heterocycles. The van der Waals surface area contributed by atoms with E-state index in [2.05, 4.69) is 27.3 Å². The zero-order valence-electron chi connectivity index (χ0n) is 15.8. The highest BCUT2D eigenvalue weighted by Crippen LogP contribution is 2.29. The van der Waals surface area contributed by atoms with Crippen LogP contribution < -0.4 is 5.32 Å². The fourth-order valence-corrected chi connectivity index (χ4v) is 4.27. The summed E-state index contributed by atoms with van der Waals surface area (Å²) in [5.41, 5.74) is 0.562. The average Bonchev–Trinajstić information content (AvgIpc) is 3.18. The largest absolute Gasteiger partial charge is 0.307 e. The number of carbonyl (C=O) groups excluding carboxylic acids is 1. The molecular weight excluding hydrogens is 370 g/mol. The molecule has 0 bridgehead atoms. The molecule has 0 saturated carbocycles. The van der Waals surface area contributed by atoms with E-state index in [0.717, 1.165) is 36.6 Å². The van der Waals surface area contributed by atoms with Gasteiger partial charge in [0.1, 0.15) is 10.8 Å². The molecule has 28 heavy (non-hydrogen) atoms. The summed E-state index contributed by atoms with van der Waals surface area (Å²) in [6.45, 7) is 2.08. The van der Waals surface area contributed by atoms with Crippen LogP contribution >= 0.6 is 11.8 Å². The van der Waals surface area contributed by atoms with E-state index in [0.29, 0.717) is 16.6 Å². The number of anilines is 1. The molecular formula is C21H23N5OS. The summed E-state index contributed by atoms with van der Waals surface area (Å²) in [6, 6.07) is 15.7. The number of benzene rings is 1. The van der Waals surface area contributed by atoms with Crippen LogP contribution in [0.4, 0.5) is 5.82 Å². The fraction of sp³-hybridized carbons (Fsp3) is 0.286. The molecule has 1 amide bonds. The SMILES string of the molecule is CN1CCC(n2nccc2NC(=O)c2cccnc2Sc2ccccc2)CC1. The van der Waals surface area contributed by atoms with Crippen LogP contribution in [-0.4, -0.2) is 45.7 Å². The molecule has 144 valence electrons. The summed E-state index contributed by atoms with van der Waals surface area (Å²) in [4.78, 5) is 20.8. The summed E-state index contributed by atoms with van der Waals surface area (Å²) in [7, 11) is 2.14. The first-order chi connectivity index (χ1) is 13.7. The van der Waals surface area contributed by atoms with E-state index in [-0.39, 0.29) is 5.91 Å². The molecule has 3 aromatic rings. The van der Waals surface area contributed by atoms with Gasteiger partial charge >= 0.3 is 0 Å². The maximum absolute atomic E-state index is 13.0. The zero-order chi connectivity index (χ0) is 19.3. The Morgan fingerprint density at radius 3 is 2.64 bits per heavy atom. The van der Waals surface area contributed by atoms with Gasteiger partial charge in [0, 0.05) is 17.2 Å². The highest BCUT2D eigenvalue weighted by molar-refractivity contribution is 7.99. The highest BCUT2D eigenvalue weighted by atomic mass is 32.2. The van der Waals surface area contributed by atoms with Gasteiger partial charge in [0.15, 0.2) is 0 Å². The number of amides is 1. The molecule has 1 fully saturated rings. The Morgan fingerprint density at radius 1 is 1.07 bits per heavy atom. The van der Waals surface area contributed by atoms with Gasteiger partial charge in [0.25, 0.3) is 5.91 Å². The number of aromatic nitrogens is 3. The molecule has 0 aliphatic carbocycles. The number of hydrogen-bond donors (Lipinski definition) is 1. The molecule has 0 atom stereocenters. The van der Waals surface area contributed by atoms with Crippen LogP contribution in [0.25, 0.3) is 0 Å². The van der Waals surface area contributed by atoms with Crippen molar-refractivity contribution in [3.8, 4) is 0 Å². The van der Waals surface area contributed by atoms with Gasteiger partial charge in [-0.25, -0.2) is 9.67 Å². The molecule has 4 rings (SSSR count). The first-order valence-corrected chi connectivity index (χ1v) is 10.2. The van der Waals surface area contributed by atoms with Crippen molar-refractivity contribution < 1.29 is 4.79 Å². The molecule has 6 nitrogen and oxygen atoms in total. The molecule has 1 aliphatic rings. The van der Waals surface area contributed by atoms with Crippen LogP contribution in [0.15, 0.2) is 70.8 Å². The summed E-state index contributed by atoms with van der Waals surface area (Å²) in [5, 5.41) is 8.19. The van der Waals surface area contributed by atoms with E-state index >= 15 is 0 Å². The summed E-state index contributed by atoms with van der Waals surface area (Å²) < 4.78 is 1.95. The van der Waals surface area contributed by atoms with Gasteiger partial charge in [-0.05, 0) is 57.2 Å². The number of hydrogen-bond acceptors (Lipinski definition) is 5. The molecule has 1 aliphatic heterocycles. The third kappa shape index (κ3) is 4.26. The van der Waals surface area contributed by atoms with Gasteiger partial charge in [-0.2, -0.15) is 5.10 Å². The fourth-order valence-electron chi connectivity index (χ4n) is 3.37. The Balaban J connectivity index is 1.52. The lowest BCUT2D eigenvalue weighted by Gasteiger charge is -2.30. The van der Waals surface area contributed by atoms with Crippen molar-refractivity contribution in [2.75, 3.05) is 25.5 Å². The van der Waals surface area contributed by atoms with E-state index < -0.39 is 0 Å². The second kappa shape index (κ2) is 8.58. The van der Waals surface area contributed by atoms with Gasteiger partial charge in [-0.3, -0.25) is 4.79 Å². The van der Waals surface area contributed by atoms with Crippen molar-refractivity contribution in [2.24, 2.45) is 0 Å². The van der Waals surface area contributed by atoms with Crippen molar-refractivity contribution in [1.82, 2.24) is 19.7 Å². The number of nitrogens with one attached hydrogen (secondary N) is 1. The van der Waals surface area contributed by atoms with Crippen LogP contribution in [0, 0.1) is 0 Å². The van der Waals surface area contributed by atoms with E-state index in [4.69, 9.17) is 0 Å². The van der Waals surface area contributed by atoms with Crippen molar-refractivity contribution >= 4 is 23.5 Å². The number of likely N-dealkylation sites (tertiary alicyclic amines) is 1. The third-order valence-electron chi connectivity index (χ3n) is 4.92. The lowest BCUT2D eigenvalue weighted by atomic mass is 10.1. The molecule has 0 spiro atoms. The number of pyridine rings is 1. The van der Waals surface area contributed by atoms with Crippen molar-refractivity contribution in [1.29, 1.82) is 0 Å². The minimum absolute atomic E-state index is 0.166. The van der Waals surface area contributed by atoms with Gasteiger partial charge in [-0.15, -0.1) is 0 Å². The predicted octanol–water partition coefficient (Wildman–Crippen LogP) is 3.95. The van der Waals surface area contributed by atoms with E-state index in [1.165, 1.54) is 11.8 Å². The summed E-state index contributed by atoms with van der Waals surface area (Å²) in [6.07, 6.45) is 5.52. The Bertz CT molecular complexity index is 935. The van der Waals surface area contributed by atoms with Crippen molar-refractivity contribution in [2.45, 2.75) is 28.8 Å². The quantitative estimate of drug-likeness (QED) is 0.711. The molecule has 1 N–H and O–H groups in total. The van der Waals surface area contributed by atoms with Gasteiger partial charge in [0.05, 0.1) is 17.8 Å². The topological polar surface area (TPSA) is 63.1 Å². The molecule has 0 radical (unpaired) electrons.